The molecule has 0 saturated heterocycles. The van der Waals surface area contributed by atoms with Gasteiger partial charge in [-0.2, -0.15) is 0 Å². The monoisotopic (exact) mass is 272 g/mol. The van der Waals surface area contributed by atoms with Gasteiger partial charge in [-0.15, -0.1) is 0 Å². The summed E-state index contributed by atoms with van der Waals surface area (Å²) in [5.74, 6) is 0.715. The Hall–Kier alpha value is -1.35. The van der Waals surface area contributed by atoms with Crippen molar-refractivity contribution in [3.8, 4) is 0 Å². The number of hydrogen-bond acceptors (Lipinski definition) is 2. The largest absolute Gasteiger partial charge is 0.351 e. The summed E-state index contributed by atoms with van der Waals surface area (Å²) in [6, 6.07) is 10.7. The van der Waals surface area contributed by atoms with E-state index in [1.165, 1.54) is 18.4 Å². The number of nitrogens with two attached hydrogens (primary N) is 1. The van der Waals surface area contributed by atoms with Crippen LogP contribution in [0.25, 0.3) is 0 Å². The third-order valence-corrected chi connectivity index (χ3v) is 4.75. The van der Waals surface area contributed by atoms with Crippen LogP contribution in [-0.2, 0) is 11.2 Å². The molecule has 0 bridgehead atoms. The van der Waals surface area contributed by atoms with E-state index in [2.05, 4.69) is 29.6 Å². The first kappa shape index (κ1) is 13.6. The van der Waals surface area contributed by atoms with Crippen molar-refractivity contribution in [2.24, 2.45) is 11.7 Å². The van der Waals surface area contributed by atoms with E-state index in [4.69, 9.17) is 5.73 Å². The molecule has 0 aliphatic heterocycles. The van der Waals surface area contributed by atoms with Gasteiger partial charge >= 0.3 is 0 Å². The SMILES string of the molecule is NC1(C(=O)NC(Cc2ccccc2)C2CC2)CCCC1. The second-order valence-corrected chi connectivity index (χ2v) is 6.47. The number of rotatable bonds is 5. The molecule has 3 nitrogen and oxygen atoms in total. The van der Waals surface area contributed by atoms with Crippen molar-refractivity contribution >= 4 is 5.91 Å². The summed E-state index contributed by atoms with van der Waals surface area (Å²) in [7, 11) is 0. The van der Waals surface area contributed by atoms with Gasteiger partial charge in [0.25, 0.3) is 0 Å². The van der Waals surface area contributed by atoms with Crippen molar-refractivity contribution in [3.63, 3.8) is 0 Å². The number of amides is 1. The van der Waals surface area contributed by atoms with Gasteiger partial charge in [-0.25, -0.2) is 0 Å². The zero-order valence-corrected chi connectivity index (χ0v) is 12.0. The van der Waals surface area contributed by atoms with Gasteiger partial charge in [0, 0.05) is 6.04 Å². The molecular weight excluding hydrogens is 248 g/mol. The molecule has 108 valence electrons. The fraction of sp³-hybridized carbons (Fsp3) is 0.588. The molecule has 20 heavy (non-hydrogen) atoms. The molecule has 1 atom stereocenters. The third kappa shape index (κ3) is 3.04. The maximum atomic E-state index is 12.5. The van der Waals surface area contributed by atoms with Crippen molar-refractivity contribution in [1.29, 1.82) is 0 Å². The van der Waals surface area contributed by atoms with Crippen LogP contribution in [0.5, 0.6) is 0 Å². The minimum absolute atomic E-state index is 0.0721. The number of carbonyl (C=O) groups is 1. The average molecular weight is 272 g/mol. The number of benzene rings is 1. The Labute approximate surface area is 120 Å². The Bertz CT molecular complexity index is 461. The van der Waals surface area contributed by atoms with Crippen molar-refractivity contribution in [1.82, 2.24) is 5.32 Å². The van der Waals surface area contributed by atoms with E-state index in [0.29, 0.717) is 5.92 Å². The molecule has 0 heterocycles. The van der Waals surface area contributed by atoms with Crippen LogP contribution in [0.1, 0.15) is 44.1 Å². The van der Waals surface area contributed by atoms with E-state index in [0.717, 1.165) is 32.1 Å². The van der Waals surface area contributed by atoms with Gasteiger partial charge in [-0.3, -0.25) is 4.79 Å². The topological polar surface area (TPSA) is 55.1 Å². The molecule has 0 spiro atoms. The van der Waals surface area contributed by atoms with Crippen LogP contribution in [0.2, 0.25) is 0 Å². The van der Waals surface area contributed by atoms with E-state index in [1.54, 1.807) is 0 Å². The maximum Gasteiger partial charge on any atom is 0.240 e. The first-order chi connectivity index (χ1) is 9.67. The minimum atomic E-state index is -0.607. The van der Waals surface area contributed by atoms with Crippen molar-refractivity contribution in [2.45, 2.75) is 56.5 Å². The predicted molar refractivity (Wildman–Crippen MR) is 80.2 cm³/mol. The van der Waals surface area contributed by atoms with Crippen molar-refractivity contribution in [2.75, 3.05) is 0 Å². The molecule has 2 aliphatic carbocycles. The summed E-state index contributed by atoms with van der Waals surface area (Å²) in [6.07, 6.45) is 7.22. The Morgan fingerprint density at radius 3 is 2.50 bits per heavy atom. The van der Waals surface area contributed by atoms with Gasteiger partial charge in [0.05, 0.1) is 5.54 Å². The molecule has 1 aromatic rings. The highest BCUT2D eigenvalue weighted by molar-refractivity contribution is 5.86. The highest BCUT2D eigenvalue weighted by Gasteiger charge is 2.40. The fourth-order valence-corrected chi connectivity index (χ4v) is 3.25. The lowest BCUT2D eigenvalue weighted by atomic mass is 9.95. The van der Waals surface area contributed by atoms with E-state index >= 15 is 0 Å². The number of nitrogens with one attached hydrogen (secondary N) is 1. The molecule has 3 N–H and O–H groups in total. The highest BCUT2D eigenvalue weighted by Crippen LogP contribution is 2.35. The summed E-state index contributed by atoms with van der Waals surface area (Å²) >= 11 is 0. The molecule has 3 rings (SSSR count). The van der Waals surface area contributed by atoms with Gasteiger partial charge < -0.3 is 11.1 Å². The Balaban J connectivity index is 1.64. The van der Waals surface area contributed by atoms with Crippen LogP contribution in [0, 0.1) is 5.92 Å². The lowest BCUT2D eigenvalue weighted by Crippen LogP contribution is -2.55. The first-order valence-electron chi connectivity index (χ1n) is 7.81. The predicted octanol–water partition coefficient (Wildman–Crippen LogP) is 2.40. The van der Waals surface area contributed by atoms with Crippen LogP contribution >= 0.6 is 0 Å². The van der Waals surface area contributed by atoms with Crippen LogP contribution < -0.4 is 11.1 Å². The molecule has 1 unspecified atom stereocenters. The summed E-state index contributed by atoms with van der Waals surface area (Å²) in [5.41, 5.74) is 6.94. The van der Waals surface area contributed by atoms with E-state index < -0.39 is 5.54 Å². The first-order valence-corrected chi connectivity index (χ1v) is 7.81. The molecule has 0 radical (unpaired) electrons. The molecule has 2 aliphatic rings. The molecular formula is C17H24N2O. The smallest absolute Gasteiger partial charge is 0.240 e. The highest BCUT2D eigenvalue weighted by atomic mass is 16.2. The summed E-state index contributed by atoms with van der Waals surface area (Å²) < 4.78 is 0. The minimum Gasteiger partial charge on any atom is -0.351 e. The zero-order chi connectivity index (χ0) is 14.0. The molecule has 1 amide bonds. The molecule has 1 aromatic carbocycles. The summed E-state index contributed by atoms with van der Waals surface area (Å²) in [5, 5.41) is 3.25. The van der Waals surface area contributed by atoms with Crippen LogP contribution in [0.15, 0.2) is 30.3 Å². The quantitative estimate of drug-likeness (QED) is 0.864. The lowest BCUT2D eigenvalue weighted by Gasteiger charge is -2.27. The van der Waals surface area contributed by atoms with Gasteiger partial charge in [0.2, 0.25) is 5.91 Å². The van der Waals surface area contributed by atoms with Gasteiger partial charge in [0.1, 0.15) is 0 Å². The maximum absolute atomic E-state index is 12.5. The second-order valence-electron chi connectivity index (χ2n) is 6.47. The molecule has 2 fully saturated rings. The van der Waals surface area contributed by atoms with Gasteiger partial charge in [-0.05, 0) is 43.6 Å². The second kappa shape index (κ2) is 5.57. The fourth-order valence-electron chi connectivity index (χ4n) is 3.25. The average Bonchev–Trinajstić information content (AvgIpc) is 3.21. The Morgan fingerprint density at radius 2 is 1.90 bits per heavy atom. The van der Waals surface area contributed by atoms with Gasteiger partial charge in [-0.1, -0.05) is 43.2 Å². The van der Waals surface area contributed by atoms with Crippen LogP contribution in [0.4, 0.5) is 0 Å². The number of hydrogen-bond donors (Lipinski definition) is 2. The lowest BCUT2D eigenvalue weighted by molar-refractivity contribution is -0.127. The Morgan fingerprint density at radius 1 is 1.25 bits per heavy atom. The van der Waals surface area contributed by atoms with E-state index in [1.807, 2.05) is 6.07 Å². The molecule has 0 aromatic heterocycles. The van der Waals surface area contributed by atoms with Crippen LogP contribution in [0.3, 0.4) is 0 Å². The molecule has 2 saturated carbocycles. The number of carbonyl (C=O) groups excluding carboxylic acids is 1. The Kier molecular flexibility index (Phi) is 3.79. The van der Waals surface area contributed by atoms with Crippen molar-refractivity contribution < 1.29 is 4.79 Å². The normalized spacial score (nSPS) is 22.4. The van der Waals surface area contributed by atoms with Gasteiger partial charge in [0.15, 0.2) is 0 Å². The molecule has 3 heteroatoms. The van der Waals surface area contributed by atoms with E-state index in [9.17, 15) is 4.79 Å². The zero-order valence-electron chi connectivity index (χ0n) is 12.0. The van der Waals surface area contributed by atoms with E-state index in [-0.39, 0.29) is 11.9 Å². The standard InChI is InChI=1S/C17H24N2O/c18-17(10-4-5-11-17)16(20)19-15(14-8-9-14)12-13-6-2-1-3-7-13/h1-3,6-7,14-15H,4-5,8-12,18H2,(H,19,20). The van der Waals surface area contributed by atoms with Crippen molar-refractivity contribution in [3.05, 3.63) is 35.9 Å². The third-order valence-electron chi connectivity index (χ3n) is 4.75. The summed E-state index contributed by atoms with van der Waals surface area (Å²) in [6.45, 7) is 0. The summed E-state index contributed by atoms with van der Waals surface area (Å²) in [4.78, 5) is 12.5. The van der Waals surface area contributed by atoms with Crippen LogP contribution in [-0.4, -0.2) is 17.5 Å².